The molecule has 4 N–H and O–H groups in total. The van der Waals surface area contributed by atoms with Crippen LogP contribution in [0.3, 0.4) is 0 Å². The van der Waals surface area contributed by atoms with E-state index < -0.39 is 28.8 Å². The fourth-order valence-corrected chi connectivity index (χ4v) is 9.62. The van der Waals surface area contributed by atoms with E-state index in [4.69, 9.17) is 0 Å². The lowest BCUT2D eigenvalue weighted by Crippen LogP contribution is -2.60. The molecule has 0 aliphatic heterocycles. The van der Waals surface area contributed by atoms with Gasteiger partial charge in [0.25, 0.3) is 0 Å². The molecule has 4 rings (SSSR count). The van der Waals surface area contributed by atoms with Crippen LogP contribution in [0.2, 0.25) is 0 Å². The molecule has 0 saturated heterocycles. The normalized spacial score (nSPS) is 46.8. The van der Waals surface area contributed by atoms with E-state index in [9.17, 15) is 20.4 Å². The van der Waals surface area contributed by atoms with Crippen molar-refractivity contribution in [2.75, 3.05) is 0 Å². The van der Waals surface area contributed by atoms with Gasteiger partial charge in [0.2, 0.25) is 11.6 Å². The average molecular weight is 437 g/mol. The Bertz CT molecular complexity index is 658. The number of fused-ring (bicyclic) bond motifs is 5. The highest BCUT2D eigenvalue weighted by atomic mass is 16.6. The van der Waals surface area contributed by atoms with E-state index in [1.165, 1.54) is 25.7 Å². The third-order valence-corrected chi connectivity index (χ3v) is 10.9. The van der Waals surface area contributed by atoms with Gasteiger partial charge in [-0.1, -0.05) is 66.7 Å². The van der Waals surface area contributed by atoms with Crippen LogP contribution in [0.4, 0.5) is 0 Å². The Morgan fingerprint density at radius 3 is 2.16 bits per heavy atom. The number of hydrogen-bond acceptors (Lipinski definition) is 4. The van der Waals surface area contributed by atoms with Crippen molar-refractivity contribution in [3.63, 3.8) is 0 Å². The highest BCUT2D eigenvalue weighted by molar-refractivity contribution is 5.19. The molecule has 31 heavy (non-hydrogen) atoms. The molecule has 4 aliphatic rings. The molecule has 0 spiro atoms. The molecular formula is C27H48O4. The first-order valence-electron chi connectivity index (χ1n) is 13.3. The fraction of sp³-hybridized carbons (Fsp3) is 1.00. The Balaban J connectivity index is 1.65. The van der Waals surface area contributed by atoms with Gasteiger partial charge < -0.3 is 20.4 Å². The van der Waals surface area contributed by atoms with Crippen LogP contribution in [0.5, 0.6) is 0 Å². The zero-order valence-electron chi connectivity index (χ0n) is 20.6. The van der Waals surface area contributed by atoms with Crippen LogP contribution >= 0.6 is 0 Å². The van der Waals surface area contributed by atoms with Crippen molar-refractivity contribution in [3.05, 3.63) is 0 Å². The van der Waals surface area contributed by atoms with E-state index in [1.54, 1.807) is 0 Å². The number of rotatable bonds is 5. The van der Waals surface area contributed by atoms with Gasteiger partial charge in [-0.2, -0.15) is 0 Å². The highest BCUT2D eigenvalue weighted by Gasteiger charge is 2.77. The monoisotopic (exact) mass is 436 g/mol. The molecule has 8 atom stereocenters. The van der Waals surface area contributed by atoms with E-state index in [0.29, 0.717) is 11.8 Å². The molecule has 4 aliphatic carbocycles. The summed E-state index contributed by atoms with van der Waals surface area (Å²) in [4.78, 5) is 0. The number of hydrogen-bond donors (Lipinski definition) is 4. The lowest BCUT2D eigenvalue weighted by Gasteiger charge is -2.61. The van der Waals surface area contributed by atoms with Crippen LogP contribution in [0.1, 0.15) is 105 Å². The lowest BCUT2D eigenvalue weighted by atomic mass is 9.44. The summed E-state index contributed by atoms with van der Waals surface area (Å²) in [5.41, 5.74) is -0.184. The largest absolute Gasteiger partial charge is 0.361 e. The van der Waals surface area contributed by atoms with Crippen molar-refractivity contribution >= 4 is 0 Å². The van der Waals surface area contributed by atoms with Gasteiger partial charge in [-0.15, -0.1) is 0 Å². The van der Waals surface area contributed by atoms with E-state index in [-0.39, 0.29) is 17.3 Å². The minimum atomic E-state index is -2.46. The van der Waals surface area contributed by atoms with Crippen molar-refractivity contribution in [3.8, 4) is 0 Å². The van der Waals surface area contributed by atoms with Crippen molar-refractivity contribution in [1.82, 2.24) is 0 Å². The van der Waals surface area contributed by atoms with Crippen LogP contribution in [0.15, 0.2) is 0 Å². The molecule has 4 nitrogen and oxygen atoms in total. The van der Waals surface area contributed by atoms with Gasteiger partial charge in [0, 0.05) is 11.8 Å². The van der Waals surface area contributed by atoms with Gasteiger partial charge >= 0.3 is 0 Å². The second kappa shape index (κ2) is 7.96. The predicted molar refractivity (Wildman–Crippen MR) is 123 cm³/mol. The maximum Gasteiger partial charge on any atom is 0.222 e. The van der Waals surface area contributed by atoms with Gasteiger partial charge in [-0.25, -0.2) is 0 Å². The summed E-state index contributed by atoms with van der Waals surface area (Å²) in [6.07, 6.45) is 12.3. The SMILES string of the molecule is CC(C)CCC[C@@H](C)[C@H]1C(O)(O)C(O)(O)[C@H]2[C@@H]3CC[C@@H]4CCCC[C@]4(C)[C@H]3CC[C@@]21C. The van der Waals surface area contributed by atoms with Gasteiger partial charge in [0.15, 0.2) is 0 Å². The molecule has 0 unspecified atom stereocenters. The van der Waals surface area contributed by atoms with Gasteiger partial charge in [-0.3, -0.25) is 0 Å². The second-order valence-corrected chi connectivity index (χ2v) is 13.1. The molecule has 4 heteroatoms. The molecular weight excluding hydrogens is 388 g/mol. The summed E-state index contributed by atoms with van der Waals surface area (Å²) < 4.78 is 0. The Hall–Kier alpha value is -0.160. The summed E-state index contributed by atoms with van der Waals surface area (Å²) in [6.45, 7) is 11.1. The Kier molecular flexibility index (Phi) is 6.16. The Morgan fingerprint density at radius 2 is 1.48 bits per heavy atom. The summed E-state index contributed by atoms with van der Waals surface area (Å²) in [6, 6.07) is 0. The number of aliphatic hydroxyl groups is 4. The quantitative estimate of drug-likeness (QED) is 0.453. The van der Waals surface area contributed by atoms with Crippen molar-refractivity contribution < 1.29 is 20.4 Å². The summed E-state index contributed by atoms with van der Waals surface area (Å²) in [7, 11) is 0. The van der Waals surface area contributed by atoms with Crippen LogP contribution in [0.25, 0.3) is 0 Å². The molecule has 0 heterocycles. The first-order chi connectivity index (χ1) is 14.4. The summed E-state index contributed by atoms with van der Waals surface area (Å²) in [5, 5.41) is 45.4. The molecule has 4 saturated carbocycles. The van der Waals surface area contributed by atoms with Crippen LogP contribution in [0, 0.1) is 52.3 Å². The zero-order valence-corrected chi connectivity index (χ0v) is 20.6. The molecule has 0 aromatic carbocycles. The lowest BCUT2D eigenvalue weighted by molar-refractivity contribution is -0.374. The zero-order chi connectivity index (χ0) is 22.8. The van der Waals surface area contributed by atoms with Crippen LogP contribution in [-0.2, 0) is 0 Å². The van der Waals surface area contributed by atoms with Crippen molar-refractivity contribution in [2.45, 2.75) is 117 Å². The van der Waals surface area contributed by atoms with Gasteiger partial charge in [0.1, 0.15) is 0 Å². The van der Waals surface area contributed by atoms with E-state index in [0.717, 1.165) is 50.9 Å². The van der Waals surface area contributed by atoms with Gasteiger partial charge in [-0.05, 0) is 78.9 Å². The molecule has 0 radical (unpaired) electrons. The van der Waals surface area contributed by atoms with E-state index >= 15 is 0 Å². The third-order valence-electron chi connectivity index (χ3n) is 10.9. The minimum Gasteiger partial charge on any atom is -0.361 e. The summed E-state index contributed by atoms with van der Waals surface area (Å²) >= 11 is 0. The topological polar surface area (TPSA) is 80.9 Å². The van der Waals surface area contributed by atoms with Crippen LogP contribution in [-0.4, -0.2) is 32.0 Å². The minimum absolute atomic E-state index is 0.0422. The van der Waals surface area contributed by atoms with Crippen molar-refractivity contribution in [1.29, 1.82) is 0 Å². The molecule has 0 aromatic heterocycles. The van der Waals surface area contributed by atoms with Gasteiger partial charge in [0.05, 0.1) is 0 Å². The summed E-state index contributed by atoms with van der Waals surface area (Å²) in [5.74, 6) is -3.82. The van der Waals surface area contributed by atoms with E-state index in [1.807, 2.05) is 0 Å². The Morgan fingerprint density at radius 1 is 0.774 bits per heavy atom. The maximum atomic E-state index is 11.4. The molecule has 0 aromatic rings. The molecule has 4 fully saturated rings. The Labute approximate surface area is 189 Å². The highest BCUT2D eigenvalue weighted by Crippen LogP contribution is 2.71. The predicted octanol–water partition coefficient (Wildman–Crippen LogP) is 5.08. The first-order valence-corrected chi connectivity index (χ1v) is 13.3. The smallest absolute Gasteiger partial charge is 0.222 e. The van der Waals surface area contributed by atoms with Crippen LogP contribution < -0.4 is 0 Å². The molecule has 0 bridgehead atoms. The average Bonchev–Trinajstić information content (AvgIpc) is 2.79. The maximum absolute atomic E-state index is 11.4. The van der Waals surface area contributed by atoms with E-state index in [2.05, 4.69) is 34.6 Å². The molecule has 180 valence electrons. The standard InChI is InChI=1S/C27H48O4/c1-17(2)9-8-10-18(3)22-25(5)16-14-21-20(23(25)27(30,31)26(22,28)29)13-12-19-11-6-7-15-24(19,21)4/h17-23,28-31H,6-16H2,1-5H3/t18-,19+,20-,21+,22-,23+,24+,25-/m1/s1. The fourth-order valence-electron chi connectivity index (χ4n) is 9.62. The second-order valence-electron chi connectivity index (χ2n) is 13.1. The third kappa shape index (κ3) is 3.45. The molecule has 0 amide bonds. The van der Waals surface area contributed by atoms with Crippen molar-refractivity contribution in [2.24, 2.45) is 52.3 Å². The first kappa shape index (κ1) is 24.0.